The highest BCUT2D eigenvalue weighted by Crippen LogP contribution is 2.30. The SMILES string of the molecule is O=S(=O)(Nc1ncc(F)s1)c1cc(Cl)c(NCCCCCC[C@@H]2C[C@H](O)CN2)cc1F. The van der Waals surface area contributed by atoms with Crippen molar-refractivity contribution < 1.29 is 22.3 Å². The van der Waals surface area contributed by atoms with Crippen LogP contribution in [0.25, 0.3) is 0 Å². The van der Waals surface area contributed by atoms with Gasteiger partial charge in [0.15, 0.2) is 10.3 Å². The minimum absolute atomic E-state index is 0.0676. The quantitative estimate of drug-likeness (QED) is 0.352. The zero-order valence-corrected chi connectivity index (χ0v) is 19.1. The topological polar surface area (TPSA) is 103 Å². The number of benzene rings is 1. The van der Waals surface area contributed by atoms with Crippen molar-refractivity contribution in [3.63, 3.8) is 0 Å². The standard InChI is InChI=1S/C19H25ClF2N4O3S2/c20-14-8-17(31(28,29)26-19-25-11-18(22)30-19)15(21)9-16(14)23-6-4-2-1-3-5-12-7-13(27)10-24-12/h8-9,11-13,23-24,27H,1-7,10H2,(H,25,26)/t12-,13+/m1/s1. The van der Waals surface area contributed by atoms with Crippen LogP contribution in [-0.2, 0) is 10.0 Å². The van der Waals surface area contributed by atoms with Gasteiger partial charge in [-0.2, -0.15) is 4.39 Å². The fourth-order valence-electron chi connectivity index (χ4n) is 3.45. The molecule has 7 nitrogen and oxygen atoms in total. The van der Waals surface area contributed by atoms with E-state index in [0.717, 1.165) is 56.9 Å². The number of halogens is 3. The third kappa shape index (κ3) is 6.98. The number of β-amino-alcohol motifs (C(OH)–C–C–N with tert-alkyl or cyclic N) is 1. The number of hydrogen-bond donors (Lipinski definition) is 4. The highest BCUT2D eigenvalue weighted by Gasteiger charge is 2.23. The zero-order valence-electron chi connectivity index (χ0n) is 16.7. The first-order valence-electron chi connectivity index (χ1n) is 10.0. The fraction of sp³-hybridized carbons (Fsp3) is 0.526. The molecule has 0 radical (unpaired) electrons. The first-order chi connectivity index (χ1) is 14.7. The first-order valence-corrected chi connectivity index (χ1v) is 12.7. The Balaban J connectivity index is 1.45. The molecular weight excluding hydrogens is 470 g/mol. The maximum atomic E-state index is 14.5. The van der Waals surface area contributed by atoms with Crippen LogP contribution >= 0.6 is 22.9 Å². The summed E-state index contributed by atoms with van der Waals surface area (Å²) < 4.78 is 54.2. The maximum absolute atomic E-state index is 14.5. The molecule has 0 bridgehead atoms. The minimum atomic E-state index is -4.29. The number of sulfonamides is 1. The summed E-state index contributed by atoms with van der Waals surface area (Å²) in [6, 6.07) is 2.46. The van der Waals surface area contributed by atoms with Crippen molar-refractivity contribution in [2.45, 2.75) is 55.6 Å². The van der Waals surface area contributed by atoms with E-state index in [4.69, 9.17) is 11.6 Å². The Kier molecular flexibility index (Phi) is 8.45. The van der Waals surface area contributed by atoms with Crippen LogP contribution in [0.5, 0.6) is 0 Å². The normalized spacial score (nSPS) is 19.0. The largest absolute Gasteiger partial charge is 0.392 e. The van der Waals surface area contributed by atoms with E-state index in [0.29, 0.717) is 36.2 Å². The number of aromatic nitrogens is 1. The van der Waals surface area contributed by atoms with Crippen LogP contribution in [0.3, 0.4) is 0 Å². The third-order valence-corrected chi connectivity index (χ3v) is 7.50. The lowest BCUT2D eigenvalue weighted by Crippen LogP contribution is -2.21. The molecule has 1 fully saturated rings. The van der Waals surface area contributed by atoms with Crippen molar-refractivity contribution in [1.82, 2.24) is 10.3 Å². The van der Waals surface area contributed by atoms with Crippen molar-refractivity contribution >= 4 is 43.8 Å². The predicted molar refractivity (Wildman–Crippen MR) is 118 cm³/mol. The molecule has 3 rings (SSSR count). The Labute approximate surface area is 189 Å². The monoisotopic (exact) mass is 494 g/mol. The third-order valence-electron chi connectivity index (χ3n) is 5.00. The summed E-state index contributed by atoms with van der Waals surface area (Å²) in [5.74, 6) is -0.970. The number of anilines is 2. The maximum Gasteiger partial charge on any atom is 0.266 e. The molecule has 2 atom stereocenters. The summed E-state index contributed by atoms with van der Waals surface area (Å²) in [6.45, 7) is 1.24. The smallest absolute Gasteiger partial charge is 0.266 e. The van der Waals surface area contributed by atoms with Gasteiger partial charge in [0.1, 0.15) is 10.7 Å². The molecule has 31 heavy (non-hydrogen) atoms. The second-order valence-corrected chi connectivity index (χ2v) is 10.5. The van der Waals surface area contributed by atoms with E-state index in [1.807, 2.05) is 4.72 Å². The fourth-order valence-corrected chi connectivity index (χ4v) is 5.62. The molecule has 2 heterocycles. The average Bonchev–Trinajstić information content (AvgIpc) is 3.30. The van der Waals surface area contributed by atoms with Gasteiger partial charge < -0.3 is 15.7 Å². The summed E-state index contributed by atoms with van der Waals surface area (Å²) in [5.41, 5.74) is 0.308. The number of thiazole rings is 1. The summed E-state index contributed by atoms with van der Waals surface area (Å²) >= 11 is 6.64. The lowest BCUT2D eigenvalue weighted by atomic mass is 10.1. The van der Waals surface area contributed by atoms with Crippen LogP contribution in [0.1, 0.15) is 38.5 Å². The molecule has 4 N–H and O–H groups in total. The summed E-state index contributed by atoms with van der Waals surface area (Å²) in [5, 5.41) is 15.0. The highest BCUT2D eigenvalue weighted by atomic mass is 35.5. The Morgan fingerprint density at radius 1 is 1.26 bits per heavy atom. The van der Waals surface area contributed by atoms with E-state index in [2.05, 4.69) is 15.6 Å². The van der Waals surface area contributed by atoms with E-state index in [1.54, 1.807) is 0 Å². The molecule has 1 aromatic heterocycles. The van der Waals surface area contributed by atoms with Crippen LogP contribution in [0.4, 0.5) is 19.6 Å². The van der Waals surface area contributed by atoms with Gasteiger partial charge in [-0.05, 0) is 31.4 Å². The molecule has 0 spiro atoms. The number of nitrogens with one attached hydrogen (secondary N) is 3. The number of nitrogens with zero attached hydrogens (tertiary/aromatic N) is 1. The van der Waals surface area contributed by atoms with Crippen LogP contribution in [0, 0.1) is 10.9 Å². The molecule has 2 aromatic rings. The van der Waals surface area contributed by atoms with E-state index in [1.165, 1.54) is 0 Å². The molecule has 0 aliphatic carbocycles. The minimum Gasteiger partial charge on any atom is -0.392 e. The number of aliphatic hydroxyl groups excluding tert-OH is 1. The van der Waals surface area contributed by atoms with Crippen molar-refractivity contribution in [2.75, 3.05) is 23.1 Å². The summed E-state index contributed by atoms with van der Waals surface area (Å²) in [6.07, 6.45) is 6.47. The van der Waals surface area contributed by atoms with Crippen molar-refractivity contribution in [3.8, 4) is 0 Å². The van der Waals surface area contributed by atoms with Gasteiger partial charge in [0.05, 0.1) is 23.0 Å². The lowest BCUT2D eigenvalue weighted by molar-refractivity contribution is 0.192. The van der Waals surface area contributed by atoms with E-state index >= 15 is 0 Å². The van der Waals surface area contributed by atoms with Crippen molar-refractivity contribution in [1.29, 1.82) is 0 Å². The Morgan fingerprint density at radius 2 is 2.03 bits per heavy atom. The second kappa shape index (κ2) is 10.9. The van der Waals surface area contributed by atoms with E-state index < -0.39 is 25.9 Å². The van der Waals surface area contributed by atoms with Gasteiger partial charge in [-0.15, -0.1) is 0 Å². The second-order valence-electron chi connectivity index (χ2n) is 7.46. The summed E-state index contributed by atoms with van der Waals surface area (Å²) in [4.78, 5) is 2.93. The highest BCUT2D eigenvalue weighted by molar-refractivity contribution is 7.93. The Bertz CT molecular complexity index is 991. The molecule has 0 amide bonds. The molecule has 1 aliphatic heterocycles. The van der Waals surface area contributed by atoms with Crippen LogP contribution in [-0.4, -0.2) is 43.7 Å². The molecule has 12 heteroatoms. The number of hydrogen-bond acceptors (Lipinski definition) is 7. The Morgan fingerprint density at radius 3 is 2.71 bits per heavy atom. The predicted octanol–water partition coefficient (Wildman–Crippen LogP) is 3.96. The van der Waals surface area contributed by atoms with Gasteiger partial charge in [-0.1, -0.05) is 42.2 Å². The molecule has 1 aliphatic rings. The van der Waals surface area contributed by atoms with Gasteiger partial charge in [-0.25, -0.2) is 17.8 Å². The first kappa shape index (κ1) is 24.1. The molecule has 1 saturated heterocycles. The van der Waals surface area contributed by atoms with E-state index in [9.17, 15) is 22.3 Å². The molecular formula is C19H25ClF2N4O3S2. The molecule has 0 saturated carbocycles. The van der Waals surface area contributed by atoms with Crippen LogP contribution < -0.4 is 15.4 Å². The van der Waals surface area contributed by atoms with Crippen LogP contribution in [0.2, 0.25) is 5.02 Å². The number of aliphatic hydroxyl groups is 1. The number of rotatable bonds is 11. The average molecular weight is 495 g/mol. The van der Waals surface area contributed by atoms with Gasteiger partial charge in [0, 0.05) is 19.1 Å². The van der Waals surface area contributed by atoms with Gasteiger partial charge in [0.25, 0.3) is 10.0 Å². The zero-order chi connectivity index (χ0) is 22.4. The molecule has 1 aromatic carbocycles. The van der Waals surface area contributed by atoms with Crippen molar-refractivity contribution in [3.05, 3.63) is 34.3 Å². The van der Waals surface area contributed by atoms with Gasteiger partial charge >= 0.3 is 0 Å². The summed E-state index contributed by atoms with van der Waals surface area (Å²) in [7, 11) is -4.29. The van der Waals surface area contributed by atoms with Gasteiger partial charge in [-0.3, -0.25) is 4.72 Å². The lowest BCUT2D eigenvalue weighted by Gasteiger charge is -2.12. The van der Waals surface area contributed by atoms with Crippen molar-refractivity contribution in [2.24, 2.45) is 0 Å². The van der Waals surface area contributed by atoms with Crippen LogP contribution in [0.15, 0.2) is 23.2 Å². The van der Waals surface area contributed by atoms with E-state index in [-0.39, 0.29) is 16.3 Å². The number of unbranched alkanes of at least 4 members (excludes halogenated alkanes) is 3. The van der Waals surface area contributed by atoms with Gasteiger partial charge in [0.2, 0.25) is 0 Å². The molecule has 172 valence electrons. The Hall–Kier alpha value is -1.53. The molecule has 0 unspecified atom stereocenters.